The van der Waals surface area contributed by atoms with E-state index in [0.717, 1.165) is 16.8 Å². The number of rotatable bonds is 6. The number of halogens is 4. The fourth-order valence-corrected chi connectivity index (χ4v) is 4.02. The van der Waals surface area contributed by atoms with Gasteiger partial charge in [-0.05, 0) is 54.5 Å². The van der Waals surface area contributed by atoms with E-state index in [1.165, 1.54) is 31.4 Å². The van der Waals surface area contributed by atoms with Gasteiger partial charge in [0.25, 0.3) is 17.6 Å². The van der Waals surface area contributed by atoms with Crippen LogP contribution in [0.2, 0.25) is 5.02 Å². The molecule has 18 heteroatoms. The molecule has 42 heavy (non-hydrogen) atoms. The molecule has 0 radical (unpaired) electrons. The van der Waals surface area contributed by atoms with E-state index < -0.39 is 29.9 Å². The van der Waals surface area contributed by atoms with Crippen molar-refractivity contribution in [1.82, 2.24) is 45.4 Å². The molecule has 4 aromatic rings. The van der Waals surface area contributed by atoms with Gasteiger partial charge in [0.15, 0.2) is 5.82 Å². The molecule has 3 heterocycles. The third-order valence-electron chi connectivity index (χ3n) is 5.62. The number of methoxy groups -OCH3 is 1. The summed E-state index contributed by atoms with van der Waals surface area (Å²) in [6, 6.07) is 7.58. The summed E-state index contributed by atoms with van der Waals surface area (Å²) in [5.41, 5.74) is 3.68. The van der Waals surface area contributed by atoms with E-state index in [4.69, 9.17) is 11.6 Å². The van der Waals surface area contributed by atoms with Crippen molar-refractivity contribution in [2.75, 3.05) is 19.5 Å². The maximum Gasteiger partial charge on any atom is 0.455 e. The Morgan fingerprint density at radius 2 is 1.86 bits per heavy atom. The second-order valence-electron chi connectivity index (χ2n) is 8.81. The minimum Gasteiger partial charge on any atom is -0.452 e. The van der Waals surface area contributed by atoms with Crippen LogP contribution >= 0.6 is 11.6 Å². The first-order chi connectivity index (χ1) is 19.8. The van der Waals surface area contributed by atoms with E-state index in [1.54, 1.807) is 26.0 Å². The lowest BCUT2D eigenvalue weighted by molar-refractivity contribution is -0.145. The lowest BCUT2D eigenvalue weighted by Crippen LogP contribution is -2.43. The zero-order valence-electron chi connectivity index (χ0n) is 22.4. The Hall–Kier alpha value is -5.06. The molecule has 1 aromatic carbocycles. The van der Waals surface area contributed by atoms with Gasteiger partial charge in [-0.2, -0.15) is 23.1 Å². The standard InChI is InChI=1S/C24H22ClF3N10O4/c1-12-8-13(2)18(15(9-12)20(39)33-36(3)23(41)42-4)30-21(40)17-10-14(11-37-34-22(31-35-37)24(26,27)28)32-38(17)19-16(25)6-5-7-29-19/h5-10H,11H2,1-4H3,(H,30,40)(H,33,39). The predicted octanol–water partition coefficient (Wildman–Crippen LogP) is 3.19. The molecular weight excluding hydrogens is 585 g/mol. The second-order valence-corrected chi connectivity index (χ2v) is 9.22. The molecule has 4 rings (SSSR count). The first-order valence-corrected chi connectivity index (χ1v) is 12.3. The number of ether oxygens (including phenoxy) is 1. The maximum absolute atomic E-state index is 13.7. The number of aryl methyl sites for hydroxylation is 2. The topological polar surface area (TPSA) is 162 Å². The normalized spacial score (nSPS) is 11.2. The van der Waals surface area contributed by atoms with Gasteiger partial charge in [-0.25, -0.2) is 19.5 Å². The molecule has 220 valence electrons. The average Bonchev–Trinajstić information content (AvgIpc) is 3.57. The third-order valence-corrected chi connectivity index (χ3v) is 5.92. The zero-order valence-corrected chi connectivity index (χ0v) is 23.1. The van der Waals surface area contributed by atoms with Gasteiger partial charge in [-0.3, -0.25) is 15.0 Å². The minimum absolute atomic E-state index is 0.0326. The Bertz CT molecular complexity index is 1670. The van der Waals surface area contributed by atoms with Crippen molar-refractivity contribution in [3.8, 4) is 5.82 Å². The highest BCUT2D eigenvalue weighted by Gasteiger charge is 2.37. The summed E-state index contributed by atoms with van der Waals surface area (Å²) in [4.78, 5) is 43.3. The number of carbonyl (C=O) groups is 3. The molecule has 0 saturated carbocycles. The first kappa shape index (κ1) is 29.9. The monoisotopic (exact) mass is 606 g/mol. The minimum atomic E-state index is -4.80. The van der Waals surface area contributed by atoms with Crippen LogP contribution in [0, 0.1) is 13.8 Å². The second kappa shape index (κ2) is 11.8. The number of anilines is 1. The van der Waals surface area contributed by atoms with Gasteiger partial charge in [0, 0.05) is 13.2 Å². The van der Waals surface area contributed by atoms with Crippen molar-refractivity contribution in [2.45, 2.75) is 26.6 Å². The van der Waals surface area contributed by atoms with E-state index in [1.807, 2.05) is 0 Å². The van der Waals surface area contributed by atoms with Crippen LogP contribution in [0.5, 0.6) is 0 Å². The molecule has 2 N–H and O–H groups in total. The van der Waals surface area contributed by atoms with Crippen LogP contribution in [0.15, 0.2) is 36.5 Å². The van der Waals surface area contributed by atoms with Gasteiger partial charge in [0.2, 0.25) is 0 Å². The fraction of sp³-hybridized carbons (Fsp3) is 0.250. The number of alkyl halides is 3. The molecule has 0 spiro atoms. The van der Waals surface area contributed by atoms with Gasteiger partial charge in [-0.15, -0.1) is 10.2 Å². The number of nitrogens with zero attached hydrogens (tertiary/aromatic N) is 8. The number of amides is 3. The predicted molar refractivity (Wildman–Crippen MR) is 140 cm³/mol. The summed E-state index contributed by atoms with van der Waals surface area (Å²) in [7, 11) is 2.43. The molecule has 0 saturated heterocycles. The van der Waals surface area contributed by atoms with Crippen LogP contribution in [0.3, 0.4) is 0 Å². The number of benzene rings is 1. The van der Waals surface area contributed by atoms with Gasteiger partial charge >= 0.3 is 12.3 Å². The number of tetrazole rings is 1. The first-order valence-electron chi connectivity index (χ1n) is 11.9. The highest BCUT2D eigenvalue weighted by molar-refractivity contribution is 6.32. The van der Waals surface area contributed by atoms with Crippen molar-refractivity contribution in [3.05, 3.63) is 75.5 Å². The van der Waals surface area contributed by atoms with E-state index in [2.05, 4.69) is 41.0 Å². The third kappa shape index (κ3) is 6.46. The number of carbonyl (C=O) groups excluding carboxylic acids is 3. The number of hydrogen-bond acceptors (Lipinski definition) is 9. The largest absolute Gasteiger partial charge is 0.455 e. The number of nitrogens with one attached hydrogen (secondary N) is 2. The quantitative estimate of drug-likeness (QED) is 0.314. The Labute approximate surface area is 240 Å². The number of hydrazine groups is 1. The van der Waals surface area contributed by atoms with Crippen LogP contribution in [0.1, 0.15) is 43.5 Å². The van der Waals surface area contributed by atoms with Crippen LogP contribution < -0.4 is 10.7 Å². The molecule has 0 bridgehead atoms. The molecule has 3 aromatic heterocycles. The Balaban J connectivity index is 1.72. The SMILES string of the molecule is COC(=O)N(C)NC(=O)c1cc(C)cc(C)c1NC(=O)c1cc(Cn2nnc(C(F)(F)F)n2)nn1-c1ncccc1Cl. The Morgan fingerprint density at radius 3 is 2.50 bits per heavy atom. The van der Waals surface area contributed by atoms with Gasteiger partial charge < -0.3 is 10.1 Å². The fourth-order valence-electron chi connectivity index (χ4n) is 3.82. The summed E-state index contributed by atoms with van der Waals surface area (Å²) in [5.74, 6) is -2.87. The molecule has 0 aliphatic carbocycles. The Morgan fingerprint density at radius 1 is 1.12 bits per heavy atom. The van der Waals surface area contributed by atoms with Crippen LogP contribution in [0.25, 0.3) is 5.82 Å². The molecule has 0 aliphatic rings. The molecule has 0 atom stereocenters. The van der Waals surface area contributed by atoms with Crippen LogP contribution in [0.4, 0.5) is 23.7 Å². The van der Waals surface area contributed by atoms with Crippen molar-refractivity contribution < 1.29 is 32.3 Å². The summed E-state index contributed by atoms with van der Waals surface area (Å²) >= 11 is 6.30. The van der Waals surface area contributed by atoms with Gasteiger partial charge in [0.05, 0.1) is 29.1 Å². The van der Waals surface area contributed by atoms with Crippen LogP contribution in [-0.4, -0.2) is 72.0 Å². The smallest absolute Gasteiger partial charge is 0.452 e. The molecular formula is C24H22ClF3N10O4. The van der Waals surface area contributed by atoms with E-state index in [9.17, 15) is 27.6 Å². The van der Waals surface area contributed by atoms with Crippen LogP contribution in [-0.2, 0) is 17.5 Å². The molecule has 0 unspecified atom stereocenters. The van der Waals surface area contributed by atoms with Crippen molar-refractivity contribution in [1.29, 1.82) is 0 Å². The van der Waals surface area contributed by atoms with E-state index >= 15 is 0 Å². The lowest BCUT2D eigenvalue weighted by atomic mass is 10.0. The average molecular weight is 607 g/mol. The van der Waals surface area contributed by atoms with Crippen molar-refractivity contribution >= 4 is 35.2 Å². The summed E-state index contributed by atoms with van der Waals surface area (Å²) in [6.45, 7) is 3.03. The van der Waals surface area contributed by atoms with Gasteiger partial charge in [0.1, 0.15) is 12.2 Å². The number of hydrogen-bond donors (Lipinski definition) is 2. The summed E-state index contributed by atoms with van der Waals surface area (Å²) in [6.07, 6.45) is -4.22. The number of aromatic nitrogens is 7. The molecule has 14 nitrogen and oxygen atoms in total. The zero-order chi connectivity index (χ0) is 30.8. The summed E-state index contributed by atoms with van der Waals surface area (Å²) in [5, 5.41) is 17.6. The highest BCUT2D eigenvalue weighted by Crippen LogP contribution is 2.27. The van der Waals surface area contributed by atoms with Crippen molar-refractivity contribution in [2.24, 2.45) is 0 Å². The van der Waals surface area contributed by atoms with Crippen molar-refractivity contribution in [3.63, 3.8) is 0 Å². The maximum atomic E-state index is 13.7. The Kier molecular flexibility index (Phi) is 8.41. The highest BCUT2D eigenvalue weighted by atomic mass is 35.5. The number of pyridine rings is 1. The molecule has 0 aliphatic heterocycles. The molecule has 0 fully saturated rings. The summed E-state index contributed by atoms with van der Waals surface area (Å²) < 4.78 is 44.5. The van der Waals surface area contributed by atoms with E-state index in [0.29, 0.717) is 15.9 Å². The molecule has 3 amide bonds. The van der Waals surface area contributed by atoms with E-state index in [-0.39, 0.29) is 40.0 Å². The lowest BCUT2D eigenvalue weighted by Gasteiger charge is -2.19. The van der Waals surface area contributed by atoms with Gasteiger partial charge in [-0.1, -0.05) is 17.7 Å².